The number of fused-ring (bicyclic) bond motifs is 2. The second-order valence-corrected chi connectivity index (χ2v) is 10.9. The van der Waals surface area contributed by atoms with Crippen molar-refractivity contribution in [3.63, 3.8) is 0 Å². The SMILES string of the molecule is Nc1nccn2c1c(-c1cc3ccccc3[nH]1)nc2[C@H]1CC[C@H](CNC(=O)Cc2cccc(Br)c2)CC1. The van der Waals surface area contributed by atoms with Crippen molar-refractivity contribution >= 4 is 44.1 Å². The highest BCUT2D eigenvalue weighted by molar-refractivity contribution is 9.10. The number of nitrogens with two attached hydrogens (primary N) is 1. The number of rotatable bonds is 6. The summed E-state index contributed by atoms with van der Waals surface area (Å²) >= 11 is 3.47. The number of H-pyrrole nitrogens is 1. The van der Waals surface area contributed by atoms with Gasteiger partial charge >= 0.3 is 0 Å². The fourth-order valence-electron chi connectivity index (χ4n) is 5.54. The number of benzene rings is 2. The van der Waals surface area contributed by atoms with E-state index < -0.39 is 0 Å². The van der Waals surface area contributed by atoms with Crippen molar-refractivity contribution in [3.05, 3.63) is 82.9 Å². The maximum atomic E-state index is 12.5. The lowest BCUT2D eigenvalue weighted by Crippen LogP contribution is -2.32. The molecule has 37 heavy (non-hydrogen) atoms. The van der Waals surface area contributed by atoms with Crippen molar-refractivity contribution in [2.45, 2.75) is 38.0 Å². The Morgan fingerprint density at radius 1 is 1.11 bits per heavy atom. The summed E-state index contributed by atoms with van der Waals surface area (Å²) in [4.78, 5) is 25.5. The fraction of sp³-hybridized carbons (Fsp3) is 0.276. The smallest absolute Gasteiger partial charge is 0.224 e. The summed E-state index contributed by atoms with van der Waals surface area (Å²) in [6, 6.07) is 18.3. The number of imidazole rings is 1. The molecule has 1 aliphatic carbocycles. The topological polar surface area (TPSA) is 101 Å². The van der Waals surface area contributed by atoms with E-state index in [0.717, 1.165) is 75.9 Å². The van der Waals surface area contributed by atoms with Gasteiger partial charge in [-0.1, -0.05) is 46.3 Å². The Morgan fingerprint density at radius 2 is 1.95 bits per heavy atom. The van der Waals surface area contributed by atoms with Gasteiger partial charge in [0.25, 0.3) is 0 Å². The lowest BCUT2D eigenvalue weighted by atomic mass is 9.81. The number of para-hydroxylation sites is 1. The Morgan fingerprint density at radius 3 is 2.76 bits per heavy atom. The minimum Gasteiger partial charge on any atom is -0.382 e. The van der Waals surface area contributed by atoms with Gasteiger partial charge in [0.05, 0.1) is 12.1 Å². The lowest BCUT2D eigenvalue weighted by molar-refractivity contribution is -0.120. The molecule has 6 rings (SSSR count). The number of nitrogen functional groups attached to an aromatic ring is 1. The molecule has 8 heteroatoms. The molecule has 188 valence electrons. The Labute approximate surface area is 223 Å². The minimum absolute atomic E-state index is 0.0745. The zero-order chi connectivity index (χ0) is 25.4. The molecule has 0 saturated heterocycles. The Kier molecular flexibility index (Phi) is 6.42. The molecule has 4 N–H and O–H groups in total. The second-order valence-electron chi connectivity index (χ2n) is 9.95. The van der Waals surface area contributed by atoms with Crippen molar-refractivity contribution in [2.75, 3.05) is 12.3 Å². The van der Waals surface area contributed by atoms with Crippen LogP contribution in [0.4, 0.5) is 5.82 Å². The lowest BCUT2D eigenvalue weighted by Gasteiger charge is -2.28. The third-order valence-electron chi connectivity index (χ3n) is 7.45. The first-order valence-corrected chi connectivity index (χ1v) is 13.6. The second kappa shape index (κ2) is 10.0. The Balaban J connectivity index is 1.15. The Hall–Kier alpha value is -3.65. The van der Waals surface area contributed by atoms with Crippen LogP contribution in [-0.2, 0) is 11.2 Å². The molecule has 0 radical (unpaired) electrons. The molecular weight excluding hydrogens is 528 g/mol. The van der Waals surface area contributed by atoms with Crippen LogP contribution < -0.4 is 11.1 Å². The molecule has 1 amide bonds. The molecule has 0 aliphatic heterocycles. The molecule has 0 bridgehead atoms. The van der Waals surface area contributed by atoms with Gasteiger partial charge in [0.2, 0.25) is 5.91 Å². The summed E-state index contributed by atoms with van der Waals surface area (Å²) in [5, 5.41) is 4.29. The summed E-state index contributed by atoms with van der Waals surface area (Å²) in [6.45, 7) is 0.721. The van der Waals surface area contributed by atoms with Crippen molar-refractivity contribution in [3.8, 4) is 11.4 Å². The first kappa shape index (κ1) is 23.7. The third kappa shape index (κ3) is 4.85. The number of carbonyl (C=O) groups is 1. The number of anilines is 1. The summed E-state index contributed by atoms with van der Waals surface area (Å²) in [6.07, 6.45) is 8.28. The number of hydrogen-bond donors (Lipinski definition) is 3. The molecule has 1 aliphatic rings. The standard InChI is InChI=1S/C29H29BrN6O/c30-22-6-3-4-19(14-22)15-25(37)33-17-18-8-10-20(11-9-18)29-35-26(27-28(31)32-12-13-36(27)29)24-16-21-5-1-2-7-23(21)34-24/h1-7,12-14,16,18,20,34H,8-11,15,17H2,(H2,31,32)(H,33,37)/t18-,20-. The van der Waals surface area contributed by atoms with Gasteiger partial charge in [0.15, 0.2) is 0 Å². The van der Waals surface area contributed by atoms with Gasteiger partial charge < -0.3 is 16.0 Å². The molecule has 3 heterocycles. The average molecular weight is 557 g/mol. The van der Waals surface area contributed by atoms with Gasteiger partial charge in [-0.05, 0) is 61.4 Å². The number of aromatic amines is 1. The maximum Gasteiger partial charge on any atom is 0.224 e. The first-order valence-electron chi connectivity index (χ1n) is 12.8. The third-order valence-corrected chi connectivity index (χ3v) is 7.94. The molecule has 0 unspecified atom stereocenters. The molecule has 3 aromatic heterocycles. The Bertz CT molecular complexity index is 1550. The molecule has 2 aromatic carbocycles. The van der Waals surface area contributed by atoms with Crippen LogP contribution in [-0.4, -0.2) is 31.8 Å². The average Bonchev–Trinajstić information content (AvgIpc) is 3.50. The predicted octanol–water partition coefficient (Wildman–Crippen LogP) is 5.86. The van der Waals surface area contributed by atoms with Gasteiger partial charge in [0, 0.05) is 40.2 Å². The molecule has 1 saturated carbocycles. The van der Waals surface area contributed by atoms with Crippen molar-refractivity contribution < 1.29 is 4.79 Å². The van der Waals surface area contributed by atoms with Gasteiger partial charge in [0.1, 0.15) is 22.9 Å². The molecule has 0 atom stereocenters. The van der Waals surface area contributed by atoms with Crippen LogP contribution in [0.2, 0.25) is 0 Å². The van der Waals surface area contributed by atoms with E-state index in [0.29, 0.717) is 24.1 Å². The van der Waals surface area contributed by atoms with E-state index in [1.165, 1.54) is 0 Å². The quantitative estimate of drug-likeness (QED) is 0.244. The van der Waals surface area contributed by atoms with Crippen molar-refractivity contribution in [1.29, 1.82) is 0 Å². The molecule has 1 fully saturated rings. The monoisotopic (exact) mass is 556 g/mol. The van der Waals surface area contributed by atoms with E-state index in [-0.39, 0.29) is 5.91 Å². The van der Waals surface area contributed by atoms with Crippen LogP contribution in [0.1, 0.15) is 43.0 Å². The first-order chi connectivity index (χ1) is 18.0. The van der Waals surface area contributed by atoms with Crippen LogP contribution in [0.3, 0.4) is 0 Å². The number of carbonyl (C=O) groups excluding carboxylic acids is 1. The van der Waals surface area contributed by atoms with Gasteiger partial charge in [-0.3, -0.25) is 9.20 Å². The van der Waals surface area contributed by atoms with Crippen molar-refractivity contribution in [2.24, 2.45) is 5.92 Å². The van der Waals surface area contributed by atoms with Crippen LogP contribution in [0.25, 0.3) is 27.8 Å². The number of hydrogen-bond acceptors (Lipinski definition) is 4. The highest BCUT2D eigenvalue weighted by atomic mass is 79.9. The van der Waals surface area contributed by atoms with Crippen LogP contribution in [0.5, 0.6) is 0 Å². The van der Waals surface area contributed by atoms with Crippen LogP contribution >= 0.6 is 15.9 Å². The van der Waals surface area contributed by atoms with Crippen LogP contribution in [0.15, 0.2) is 71.5 Å². The summed E-state index contributed by atoms with van der Waals surface area (Å²) < 4.78 is 3.11. The largest absolute Gasteiger partial charge is 0.382 e. The number of halogens is 1. The van der Waals surface area contributed by atoms with E-state index in [9.17, 15) is 4.79 Å². The molecule has 5 aromatic rings. The van der Waals surface area contributed by atoms with Gasteiger partial charge in [-0.2, -0.15) is 0 Å². The predicted molar refractivity (Wildman–Crippen MR) is 150 cm³/mol. The number of nitrogens with zero attached hydrogens (tertiary/aromatic N) is 3. The number of aromatic nitrogens is 4. The fourth-order valence-corrected chi connectivity index (χ4v) is 5.99. The zero-order valence-corrected chi connectivity index (χ0v) is 22.0. The number of amides is 1. The maximum absolute atomic E-state index is 12.5. The molecule has 7 nitrogen and oxygen atoms in total. The van der Waals surface area contributed by atoms with E-state index in [4.69, 9.17) is 10.7 Å². The van der Waals surface area contributed by atoms with Gasteiger partial charge in [-0.25, -0.2) is 9.97 Å². The van der Waals surface area contributed by atoms with E-state index in [2.05, 4.69) is 53.8 Å². The van der Waals surface area contributed by atoms with E-state index >= 15 is 0 Å². The minimum atomic E-state index is 0.0745. The van der Waals surface area contributed by atoms with Crippen LogP contribution in [0, 0.1) is 5.92 Å². The summed E-state index contributed by atoms with van der Waals surface area (Å²) in [7, 11) is 0. The number of nitrogens with one attached hydrogen (secondary N) is 2. The van der Waals surface area contributed by atoms with Crippen molar-refractivity contribution in [1.82, 2.24) is 24.7 Å². The zero-order valence-electron chi connectivity index (χ0n) is 20.5. The highest BCUT2D eigenvalue weighted by Gasteiger charge is 2.28. The van der Waals surface area contributed by atoms with E-state index in [1.807, 2.05) is 42.6 Å². The van der Waals surface area contributed by atoms with Gasteiger partial charge in [-0.15, -0.1) is 0 Å². The molecular formula is C29H29BrN6O. The van der Waals surface area contributed by atoms with E-state index in [1.54, 1.807) is 6.20 Å². The summed E-state index contributed by atoms with van der Waals surface area (Å²) in [5.74, 6) is 2.41. The normalized spacial score (nSPS) is 17.9. The summed E-state index contributed by atoms with van der Waals surface area (Å²) in [5.41, 5.74) is 11.1. The molecule has 0 spiro atoms. The highest BCUT2D eigenvalue weighted by Crippen LogP contribution is 2.38.